The van der Waals surface area contributed by atoms with Crippen LogP contribution in [-0.2, 0) is 9.53 Å². The number of carbonyl (C=O) groups excluding carboxylic acids is 2. The number of amides is 2. The Morgan fingerprint density at radius 2 is 1.62 bits per heavy atom. The smallest absolute Gasteiger partial charge is 0.410 e. The molecule has 138 valence electrons. The molecule has 2 aliphatic rings. The second kappa shape index (κ2) is 6.90. The van der Waals surface area contributed by atoms with Gasteiger partial charge in [-0.1, -0.05) is 0 Å². The Bertz CT molecular complexity index is 476. The van der Waals surface area contributed by atoms with Crippen molar-refractivity contribution in [2.75, 3.05) is 39.8 Å². The second-order valence-electron chi connectivity index (χ2n) is 8.76. The van der Waals surface area contributed by atoms with Gasteiger partial charge in [-0.15, -0.1) is 0 Å². The molecule has 1 atom stereocenters. The average Bonchev–Trinajstić information content (AvgIpc) is 2.44. The Kier molecular flexibility index (Phi) is 5.47. The number of hydrogen-bond acceptors (Lipinski definition) is 4. The maximum atomic E-state index is 12.8. The molecule has 2 heterocycles. The molecule has 0 aliphatic carbocycles. The Balaban J connectivity index is 1.97. The van der Waals surface area contributed by atoms with Gasteiger partial charge in [-0.3, -0.25) is 4.79 Å². The lowest BCUT2D eigenvalue weighted by Gasteiger charge is -2.46. The number of nitrogens with zero attached hydrogens (tertiary/aromatic N) is 3. The lowest BCUT2D eigenvalue weighted by molar-refractivity contribution is -0.140. The monoisotopic (exact) mass is 339 g/mol. The zero-order chi connectivity index (χ0) is 18.1. The number of piperidine rings is 1. The summed E-state index contributed by atoms with van der Waals surface area (Å²) in [5, 5.41) is 0. The first-order valence-electron chi connectivity index (χ1n) is 8.97. The fourth-order valence-electron chi connectivity index (χ4n) is 3.55. The standard InChI is InChI=1S/C18H33N3O3/c1-17(2,3)24-16(23)21-8-7-14(13-18(21,4)5)15(22)20-11-9-19(6)10-12-20/h14H,7-13H2,1-6H3. The molecule has 2 rings (SSSR count). The molecular formula is C18H33N3O3. The Morgan fingerprint density at radius 1 is 1.04 bits per heavy atom. The van der Waals surface area contributed by atoms with Crippen molar-refractivity contribution in [1.82, 2.24) is 14.7 Å². The minimum atomic E-state index is -0.500. The Morgan fingerprint density at radius 3 is 2.12 bits per heavy atom. The lowest BCUT2D eigenvalue weighted by atomic mass is 9.82. The zero-order valence-electron chi connectivity index (χ0n) is 16.1. The van der Waals surface area contributed by atoms with Gasteiger partial charge in [-0.25, -0.2) is 4.79 Å². The van der Waals surface area contributed by atoms with E-state index >= 15 is 0 Å². The van der Waals surface area contributed by atoms with Crippen LogP contribution >= 0.6 is 0 Å². The first-order chi connectivity index (χ1) is 11.0. The summed E-state index contributed by atoms with van der Waals surface area (Å²) in [5.41, 5.74) is -0.868. The number of likely N-dealkylation sites (tertiary alicyclic amines) is 1. The molecule has 0 bridgehead atoms. The fraction of sp³-hybridized carbons (Fsp3) is 0.889. The van der Waals surface area contributed by atoms with Crippen molar-refractivity contribution in [3.63, 3.8) is 0 Å². The highest BCUT2D eigenvalue weighted by Crippen LogP contribution is 2.33. The second-order valence-corrected chi connectivity index (χ2v) is 8.76. The van der Waals surface area contributed by atoms with E-state index in [9.17, 15) is 9.59 Å². The van der Waals surface area contributed by atoms with Crippen molar-refractivity contribution in [3.05, 3.63) is 0 Å². The third kappa shape index (κ3) is 4.62. The summed E-state index contributed by atoms with van der Waals surface area (Å²) in [5.74, 6) is 0.252. The molecule has 24 heavy (non-hydrogen) atoms. The van der Waals surface area contributed by atoms with E-state index in [4.69, 9.17) is 4.74 Å². The van der Waals surface area contributed by atoms with Gasteiger partial charge in [0.25, 0.3) is 0 Å². The lowest BCUT2D eigenvalue weighted by Crippen LogP contribution is -2.57. The molecule has 0 saturated carbocycles. The molecule has 0 N–H and O–H groups in total. The average molecular weight is 339 g/mol. The normalized spacial score (nSPS) is 25.5. The maximum Gasteiger partial charge on any atom is 0.410 e. The number of likely N-dealkylation sites (N-methyl/N-ethyl adjacent to an activating group) is 1. The molecule has 0 radical (unpaired) electrons. The van der Waals surface area contributed by atoms with E-state index < -0.39 is 5.60 Å². The summed E-state index contributed by atoms with van der Waals surface area (Å²) in [6.45, 7) is 13.7. The molecule has 6 nitrogen and oxygen atoms in total. The summed E-state index contributed by atoms with van der Waals surface area (Å²) >= 11 is 0. The van der Waals surface area contributed by atoms with Crippen LogP contribution in [0.1, 0.15) is 47.5 Å². The highest BCUT2D eigenvalue weighted by atomic mass is 16.6. The molecule has 2 fully saturated rings. The van der Waals surface area contributed by atoms with E-state index in [0.29, 0.717) is 19.4 Å². The first kappa shape index (κ1) is 19.0. The van der Waals surface area contributed by atoms with E-state index in [2.05, 4.69) is 11.9 Å². The van der Waals surface area contributed by atoms with Gasteiger partial charge in [-0.2, -0.15) is 0 Å². The SMILES string of the molecule is CN1CCN(C(=O)C2CCN(C(=O)OC(C)(C)C)C(C)(C)C2)CC1. The van der Waals surface area contributed by atoms with Crippen LogP contribution in [0.5, 0.6) is 0 Å². The molecule has 0 aromatic rings. The van der Waals surface area contributed by atoms with Gasteiger partial charge in [0.1, 0.15) is 5.60 Å². The predicted octanol–water partition coefficient (Wildman–Crippen LogP) is 2.19. The molecule has 6 heteroatoms. The van der Waals surface area contributed by atoms with E-state index in [-0.39, 0.29) is 23.5 Å². The molecule has 2 saturated heterocycles. The van der Waals surface area contributed by atoms with Crippen LogP contribution in [0, 0.1) is 5.92 Å². The molecule has 2 aliphatic heterocycles. The highest BCUT2D eigenvalue weighted by Gasteiger charge is 2.42. The van der Waals surface area contributed by atoms with Crippen LogP contribution in [0.25, 0.3) is 0 Å². The minimum absolute atomic E-state index is 0.00194. The summed E-state index contributed by atoms with van der Waals surface area (Å²) < 4.78 is 5.52. The van der Waals surface area contributed by atoms with Crippen molar-refractivity contribution in [2.24, 2.45) is 5.92 Å². The number of rotatable bonds is 1. The summed E-state index contributed by atoms with van der Waals surface area (Å²) in [6.07, 6.45) is 1.13. The van der Waals surface area contributed by atoms with Crippen LogP contribution in [0.3, 0.4) is 0 Å². The molecule has 0 aromatic heterocycles. The molecule has 0 spiro atoms. The van der Waals surface area contributed by atoms with Gasteiger partial charge in [0.2, 0.25) is 5.91 Å². The third-order valence-electron chi connectivity index (χ3n) is 4.96. The van der Waals surface area contributed by atoms with E-state index in [1.807, 2.05) is 39.5 Å². The summed E-state index contributed by atoms with van der Waals surface area (Å²) in [4.78, 5) is 31.3. The quantitative estimate of drug-likeness (QED) is 0.735. The van der Waals surface area contributed by atoms with Crippen LogP contribution in [-0.4, -0.2) is 77.6 Å². The molecule has 1 unspecified atom stereocenters. The highest BCUT2D eigenvalue weighted by molar-refractivity contribution is 5.80. The fourth-order valence-corrected chi connectivity index (χ4v) is 3.55. The molecule has 2 amide bonds. The van der Waals surface area contributed by atoms with Gasteiger partial charge >= 0.3 is 6.09 Å². The zero-order valence-corrected chi connectivity index (χ0v) is 16.1. The van der Waals surface area contributed by atoms with Gasteiger partial charge < -0.3 is 19.4 Å². The Hall–Kier alpha value is -1.30. The molecule has 0 aromatic carbocycles. The number of piperazine rings is 1. The van der Waals surface area contributed by atoms with Gasteiger partial charge in [0.15, 0.2) is 0 Å². The Labute approximate surface area is 146 Å². The third-order valence-corrected chi connectivity index (χ3v) is 4.96. The van der Waals surface area contributed by atoms with E-state index in [0.717, 1.165) is 26.2 Å². The van der Waals surface area contributed by atoms with Crippen molar-refractivity contribution < 1.29 is 14.3 Å². The van der Waals surface area contributed by atoms with E-state index in [1.165, 1.54) is 0 Å². The van der Waals surface area contributed by atoms with Gasteiger partial charge in [-0.05, 0) is 54.5 Å². The van der Waals surface area contributed by atoms with Crippen LogP contribution in [0.15, 0.2) is 0 Å². The van der Waals surface area contributed by atoms with Gasteiger partial charge in [0.05, 0.1) is 0 Å². The molecular weight excluding hydrogens is 306 g/mol. The van der Waals surface area contributed by atoms with Crippen molar-refractivity contribution in [3.8, 4) is 0 Å². The van der Waals surface area contributed by atoms with Crippen molar-refractivity contribution in [2.45, 2.75) is 58.6 Å². The van der Waals surface area contributed by atoms with Crippen molar-refractivity contribution >= 4 is 12.0 Å². The minimum Gasteiger partial charge on any atom is -0.444 e. The van der Waals surface area contributed by atoms with Crippen LogP contribution in [0.4, 0.5) is 4.79 Å². The predicted molar refractivity (Wildman–Crippen MR) is 93.8 cm³/mol. The largest absolute Gasteiger partial charge is 0.444 e. The first-order valence-corrected chi connectivity index (χ1v) is 8.97. The van der Waals surface area contributed by atoms with E-state index in [1.54, 1.807) is 4.90 Å². The maximum absolute atomic E-state index is 12.8. The topological polar surface area (TPSA) is 53.1 Å². The summed E-state index contributed by atoms with van der Waals surface area (Å²) in [6, 6.07) is 0. The van der Waals surface area contributed by atoms with Gasteiger partial charge in [0, 0.05) is 44.2 Å². The van der Waals surface area contributed by atoms with Crippen molar-refractivity contribution in [1.29, 1.82) is 0 Å². The van der Waals surface area contributed by atoms with Crippen LogP contribution < -0.4 is 0 Å². The number of carbonyl (C=O) groups is 2. The van der Waals surface area contributed by atoms with Crippen LogP contribution in [0.2, 0.25) is 0 Å². The number of hydrogen-bond donors (Lipinski definition) is 0. The number of ether oxygens (including phenoxy) is 1. The summed E-state index contributed by atoms with van der Waals surface area (Å²) in [7, 11) is 2.09.